The van der Waals surface area contributed by atoms with Gasteiger partial charge < -0.3 is 15.1 Å². The molecule has 0 atom stereocenters. The Labute approximate surface area is 176 Å². The van der Waals surface area contributed by atoms with Gasteiger partial charge in [0, 0.05) is 46.2 Å². The highest BCUT2D eigenvalue weighted by molar-refractivity contribution is 6.33. The van der Waals surface area contributed by atoms with Crippen molar-refractivity contribution in [3.8, 4) is 0 Å². The van der Waals surface area contributed by atoms with E-state index in [9.17, 15) is 4.79 Å². The van der Waals surface area contributed by atoms with Crippen molar-refractivity contribution in [3.05, 3.63) is 35.1 Å². The van der Waals surface area contributed by atoms with Crippen molar-refractivity contribution in [1.29, 1.82) is 0 Å². The summed E-state index contributed by atoms with van der Waals surface area (Å²) in [5, 5.41) is 3.42. The molecule has 1 saturated heterocycles. The Morgan fingerprint density at radius 3 is 2.45 bits per heavy atom. The smallest absolute Gasteiger partial charge is 0.238 e. The topological polar surface area (TPSA) is 77.5 Å². The van der Waals surface area contributed by atoms with Crippen LogP contribution in [-0.2, 0) is 4.79 Å². The number of halogens is 1. The number of nitrogens with zero attached hydrogens (tertiary/aromatic N) is 6. The first-order valence-corrected chi connectivity index (χ1v) is 10.2. The minimum atomic E-state index is -0.0660. The molecule has 0 aliphatic carbocycles. The highest BCUT2D eigenvalue weighted by Gasteiger charge is 2.23. The van der Waals surface area contributed by atoms with Crippen LogP contribution in [0.25, 0.3) is 0 Å². The standard InChI is InChI=1S/C20H28ClN7O/c1-14(2)18-23-19(26(3)4)25-20(24-18)28-11-9-27(10-12-28)13-17(29)22-16-8-6-5-7-15(16)21/h5-8,14H,9-13H2,1-4H3,(H,22,29). The zero-order chi connectivity index (χ0) is 21.0. The van der Waals surface area contributed by atoms with Gasteiger partial charge in [-0.05, 0) is 12.1 Å². The molecule has 8 nitrogen and oxygen atoms in total. The molecule has 1 amide bonds. The highest BCUT2D eigenvalue weighted by atomic mass is 35.5. The molecule has 0 saturated carbocycles. The largest absolute Gasteiger partial charge is 0.347 e. The fraction of sp³-hybridized carbons (Fsp3) is 0.500. The van der Waals surface area contributed by atoms with Gasteiger partial charge in [0.1, 0.15) is 5.82 Å². The summed E-state index contributed by atoms with van der Waals surface area (Å²) in [7, 11) is 3.86. The van der Waals surface area contributed by atoms with Crippen LogP contribution >= 0.6 is 11.6 Å². The number of piperazine rings is 1. The first-order valence-electron chi connectivity index (χ1n) is 9.78. The van der Waals surface area contributed by atoms with E-state index in [1.165, 1.54) is 0 Å². The fourth-order valence-electron chi connectivity index (χ4n) is 3.03. The number of rotatable bonds is 6. The van der Waals surface area contributed by atoms with Gasteiger partial charge in [0.25, 0.3) is 0 Å². The van der Waals surface area contributed by atoms with E-state index in [1.807, 2.05) is 31.1 Å². The monoisotopic (exact) mass is 417 g/mol. The van der Waals surface area contributed by atoms with E-state index in [1.54, 1.807) is 12.1 Å². The number of hydrogen-bond acceptors (Lipinski definition) is 7. The van der Waals surface area contributed by atoms with Crippen molar-refractivity contribution in [2.24, 2.45) is 0 Å². The Kier molecular flexibility index (Phi) is 6.87. The predicted octanol–water partition coefficient (Wildman–Crippen LogP) is 2.48. The van der Waals surface area contributed by atoms with E-state index in [0.29, 0.717) is 29.2 Å². The Morgan fingerprint density at radius 1 is 1.14 bits per heavy atom. The molecule has 0 unspecified atom stereocenters. The first-order chi connectivity index (χ1) is 13.8. The van der Waals surface area contributed by atoms with Crippen LogP contribution in [0.1, 0.15) is 25.6 Å². The first kappa shape index (κ1) is 21.3. The van der Waals surface area contributed by atoms with Crippen molar-refractivity contribution < 1.29 is 4.79 Å². The summed E-state index contributed by atoms with van der Waals surface area (Å²) < 4.78 is 0. The Bertz CT molecular complexity index is 824. The Morgan fingerprint density at radius 2 is 1.83 bits per heavy atom. The number of carbonyl (C=O) groups excluding carboxylic acids is 1. The lowest BCUT2D eigenvalue weighted by atomic mass is 10.2. The molecule has 9 heteroatoms. The van der Waals surface area contributed by atoms with Gasteiger partial charge in [0.2, 0.25) is 17.8 Å². The third-order valence-corrected chi connectivity index (χ3v) is 5.05. The summed E-state index contributed by atoms with van der Waals surface area (Å²) >= 11 is 6.11. The van der Waals surface area contributed by atoms with Crippen LogP contribution in [-0.4, -0.2) is 72.6 Å². The van der Waals surface area contributed by atoms with Crippen LogP contribution < -0.4 is 15.1 Å². The number of amides is 1. The van der Waals surface area contributed by atoms with E-state index in [0.717, 1.165) is 32.0 Å². The zero-order valence-electron chi connectivity index (χ0n) is 17.4. The summed E-state index contributed by atoms with van der Waals surface area (Å²) in [5.74, 6) is 2.32. The lowest BCUT2D eigenvalue weighted by molar-refractivity contribution is -0.117. The van der Waals surface area contributed by atoms with Crippen LogP contribution in [0.4, 0.5) is 17.6 Å². The van der Waals surface area contributed by atoms with Crippen LogP contribution in [0.2, 0.25) is 5.02 Å². The molecule has 1 aromatic carbocycles. The maximum atomic E-state index is 12.4. The third kappa shape index (κ3) is 5.55. The maximum absolute atomic E-state index is 12.4. The van der Waals surface area contributed by atoms with Crippen LogP contribution in [0.5, 0.6) is 0 Å². The van der Waals surface area contributed by atoms with Crippen LogP contribution in [0.3, 0.4) is 0 Å². The van der Waals surface area contributed by atoms with Crippen molar-refractivity contribution in [2.75, 3.05) is 61.9 Å². The summed E-state index contributed by atoms with van der Waals surface area (Å²) in [6, 6.07) is 7.25. The molecule has 1 N–H and O–H groups in total. The molecule has 0 bridgehead atoms. The minimum Gasteiger partial charge on any atom is -0.347 e. The number of nitrogens with one attached hydrogen (secondary N) is 1. The Hall–Kier alpha value is -2.45. The van der Waals surface area contributed by atoms with E-state index in [2.05, 4.69) is 43.9 Å². The lowest BCUT2D eigenvalue weighted by Gasteiger charge is -2.34. The van der Waals surface area contributed by atoms with Crippen molar-refractivity contribution in [2.45, 2.75) is 19.8 Å². The maximum Gasteiger partial charge on any atom is 0.238 e. The SMILES string of the molecule is CC(C)c1nc(N(C)C)nc(N2CCN(CC(=O)Nc3ccccc3Cl)CC2)n1. The van der Waals surface area contributed by atoms with E-state index in [-0.39, 0.29) is 11.8 Å². The summed E-state index contributed by atoms with van der Waals surface area (Å²) in [6.45, 7) is 7.52. The molecule has 2 heterocycles. The second kappa shape index (κ2) is 9.37. The molecule has 29 heavy (non-hydrogen) atoms. The fourth-order valence-corrected chi connectivity index (χ4v) is 3.21. The summed E-state index contributed by atoms with van der Waals surface area (Å²) in [4.78, 5) is 32.3. The number of hydrogen-bond donors (Lipinski definition) is 1. The molecule has 156 valence electrons. The van der Waals surface area contributed by atoms with Crippen molar-refractivity contribution in [3.63, 3.8) is 0 Å². The van der Waals surface area contributed by atoms with Gasteiger partial charge in [-0.3, -0.25) is 9.69 Å². The van der Waals surface area contributed by atoms with Crippen LogP contribution in [0.15, 0.2) is 24.3 Å². The molecular formula is C20H28ClN7O. The molecule has 1 aromatic heterocycles. The lowest BCUT2D eigenvalue weighted by Crippen LogP contribution is -2.49. The zero-order valence-corrected chi connectivity index (χ0v) is 18.1. The minimum absolute atomic E-state index is 0.0660. The third-order valence-electron chi connectivity index (χ3n) is 4.72. The normalized spacial score (nSPS) is 14.9. The average molecular weight is 418 g/mol. The van der Waals surface area contributed by atoms with E-state index >= 15 is 0 Å². The average Bonchev–Trinajstić information content (AvgIpc) is 2.70. The second-order valence-corrected chi connectivity index (χ2v) is 8.04. The molecular weight excluding hydrogens is 390 g/mol. The summed E-state index contributed by atoms with van der Waals surface area (Å²) in [6.07, 6.45) is 0. The number of para-hydroxylation sites is 1. The molecule has 3 rings (SSSR count). The molecule has 0 spiro atoms. The van der Waals surface area contributed by atoms with Crippen LogP contribution in [0, 0.1) is 0 Å². The van der Waals surface area contributed by atoms with Gasteiger partial charge in [-0.25, -0.2) is 0 Å². The summed E-state index contributed by atoms with van der Waals surface area (Å²) in [5.41, 5.74) is 0.639. The van der Waals surface area contributed by atoms with Crippen molar-refractivity contribution in [1.82, 2.24) is 19.9 Å². The highest BCUT2D eigenvalue weighted by Crippen LogP contribution is 2.21. The molecule has 2 aromatic rings. The number of carbonyl (C=O) groups is 1. The van der Waals surface area contributed by atoms with Gasteiger partial charge >= 0.3 is 0 Å². The number of benzene rings is 1. The van der Waals surface area contributed by atoms with Gasteiger partial charge in [-0.2, -0.15) is 15.0 Å². The van der Waals surface area contributed by atoms with Gasteiger partial charge in [-0.15, -0.1) is 0 Å². The van der Waals surface area contributed by atoms with E-state index < -0.39 is 0 Å². The van der Waals surface area contributed by atoms with Gasteiger partial charge in [0.05, 0.1) is 17.3 Å². The van der Waals surface area contributed by atoms with E-state index in [4.69, 9.17) is 11.6 Å². The van der Waals surface area contributed by atoms with Crippen molar-refractivity contribution >= 4 is 35.1 Å². The van der Waals surface area contributed by atoms with Gasteiger partial charge in [-0.1, -0.05) is 37.6 Å². The molecule has 1 aliphatic rings. The van der Waals surface area contributed by atoms with Gasteiger partial charge in [0.15, 0.2) is 0 Å². The number of anilines is 3. The second-order valence-electron chi connectivity index (χ2n) is 7.63. The molecule has 1 aliphatic heterocycles. The quantitative estimate of drug-likeness (QED) is 0.773. The number of aromatic nitrogens is 3. The Balaban J connectivity index is 1.59. The molecule has 1 fully saturated rings. The molecule has 0 radical (unpaired) electrons. The predicted molar refractivity (Wildman–Crippen MR) is 117 cm³/mol.